The van der Waals surface area contributed by atoms with Crippen molar-refractivity contribution in [2.75, 3.05) is 18.8 Å². The molecule has 0 radical (unpaired) electrons. The van der Waals surface area contributed by atoms with Gasteiger partial charge >= 0.3 is 0 Å². The van der Waals surface area contributed by atoms with Crippen LogP contribution in [0.2, 0.25) is 0 Å². The van der Waals surface area contributed by atoms with Gasteiger partial charge in [0.25, 0.3) is 5.69 Å². The summed E-state index contributed by atoms with van der Waals surface area (Å²) in [4.78, 5) is 35.7. The van der Waals surface area contributed by atoms with Crippen LogP contribution >= 0.6 is 0 Å². The lowest BCUT2D eigenvalue weighted by Crippen LogP contribution is -2.51. The van der Waals surface area contributed by atoms with Crippen molar-refractivity contribution >= 4 is 38.7 Å². The molecule has 0 aliphatic rings. The fraction of sp³-hybridized carbons (Fsp3) is 0.333. The molecule has 14 nitrogen and oxygen atoms in total. The number of amides is 1. The summed E-state index contributed by atoms with van der Waals surface area (Å²) in [6, 6.07) is 12.9. The number of aliphatic hydroxyl groups is 1. The molecule has 4 rings (SSSR count). The van der Waals surface area contributed by atoms with Crippen LogP contribution in [-0.2, 0) is 27.8 Å². The first kappa shape index (κ1) is 30.5. The van der Waals surface area contributed by atoms with E-state index < -0.39 is 33.0 Å². The van der Waals surface area contributed by atoms with Gasteiger partial charge in [0, 0.05) is 25.2 Å². The number of aromatic nitrogens is 4. The zero-order valence-corrected chi connectivity index (χ0v) is 23.9. The Bertz CT molecular complexity index is 1640. The number of carbonyl (C=O) groups excluding carboxylic acids is 1. The maximum absolute atomic E-state index is 13.6. The number of nitro benzene ring substituents is 1. The quantitative estimate of drug-likeness (QED) is 0.151. The molecule has 4 aromatic rings. The van der Waals surface area contributed by atoms with Gasteiger partial charge in [0.2, 0.25) is 21.9 Å². The summed E-state index contributed by atoms with van der Waals surface area (Å²) in [5.74, 6) is -0.530. The number of rotatable bonds is 13. The van der Waals surface area contributed by atoms with Crippen LogP contribution in [0.25, 0.3) is 11.2 Å². The standard InChI is InChI=1S/C27H32N8O6S/c1-18(2)14-34(42(40,41)21-10-8-20(9-11-21)35(38)39)15-24(36)22(12-19-6-4-3-5-7-19)31-25(37)16-33-17-30-23-13-29-27(28)32-26(23)33/h3-11,13,17-18,22,24,36H,12,14-16H2,1-2H3,(H,31,37)(H2,28,29,32)/t22-,24+/m0/s1. The van der Waals surface area contributed by atoms with E-state index in [4.69, 9.17) is 5.73 Å². The summed E-state index contributed by atoms with van der Waals surface area (Å²) in [7, 11) is -4.14. The minimum Gasteiger partial charge on any atom is -0.390 e. The Labute approximate surface area is 242 Å². The van der Waals surface area contributed by atoms with Crippen molar-refractivity contribution in [2.24, 2.45) is 5.92 Å². The van der Waals surface area contributed by atoms with Gasteiger partial charge in [0.05, 0.1) is 34.5 Å². The minimum atomic E-state index is -4.14. The van der Waals surface area contributed by atoms with Crippen molar-refractivity contribution in [1.82, 2.24) is 29.1 Å². The second-order valence-corrected chi connectivity index (χ2v) is 12.1. The topological polar surface area (TPSA) is 199 Å². The van der Waals surface area contributed by atoms with Crippen molar-refractivity contribution in [2.45, 2.75) is 43.9 Å². The van der Waals surface area contributed by atoms with Crippen LogP contribution in [0, 0.1) is 16.0 Å². The van der Waals surface area contributed by atoms with Crippen LogP contribution in [0.15, 0.2) is 72.0 Å². The number of benzene rings is 2. The van der Waals surface area contributed by atoms with Crippen LogP contribution < -0.4 is 11.1 Å². The van der Waals surface area contributed by atoms with E-state index in [1.165, 1.54) is 29.2 Å². The highest BCUT2D eigenvalue weighted by Crippen LogP contribution is 2.22. The molecule has 0 unspecified atom stereocenters. The number of nitrogens with two attached hydrogens (primary N) is 1. The van der Waals surface area contributed by atoms with Crippen molar-refractivity contribution in [3.8, 4) is 0 Å². The van der Waals surface area contributed by atoms with Gasteiger partial charge in [-0.25, -0.2) is 18.4 Å². The van der Waals surface area contributed by atoms with Gasteiger partial charge in [-0.05, 0) is 30.0 Å². The molecule has 2 aromatic heterocycles. The summed E-state index contributed by atoms with van der Waals surface area (Å²) in [5, 5.41) is 25.3. The number of hydrogen-bond acceptors (Lipinski definition) is 10. The number of carbonyl (C=O) groups is 1. The van der Waals surface area contributed by atoms with Crippen molar-refractivity contribution in [1.29, 1.82) is 0 Å². The number of anilines is 1. The first-order valence-electron chi connectivity index (χ1n) is 13.1. The molecule has 2 atom stereocenters. The van der Waals surface area contributed by atoms with Gasteiger partial charge in [-0.15, -0.1) is 0 Å². The average molecular weight is 597 g/mol. The summed E-state index contributed by atoms with van der Waals surface area (Å²) in [6.07, 6.45) is 1.80. The first-order valence-corrected chi connectivity index (χ1v) is 14.6. The highest BCUT2D eigenvalue weighted by atomic mass is 32.2. The van der Waals surface area contributed by atoms with Crippen LogP contribution in [0.5, 0.6) is 0 Å². The fourth-order valence-electron chi connectivity index (χ4n) is 4.45. The van der Waals surface area contributed by atoms with Crippen LogP contribution in [0.3, 0.4) is 0 Å². The molecule has 1 amide bonds. The maximum Gasteiger partial charge on any atom is 0.269 e. The molecule has 0 aliphatic carbocycles. The van der Waals surface area contributed by atoms with Crippen LogP contribution in [0.4, 0.5) is 11.6 Å². The summed E-state index contributed by atoms with van der Waals surface area (Å²) < 4.78 is 29.8. The van der Waals surface area contributed by atoms with Gasteiger partial charge in [-0.3, -0.25) is 14.9 Å². The number of sulfonamides is 1. The highest BCUT2D eigenvalue weighted by Gasteiger charge is 2.31. The molecule has 222 valence electrons. The van der Waals surface area contributed by atoms with E-state index in [2.05, 4.69) is 20.3 Å². The molecule has 0 saturated heterocycles. The van der Waals surface area contributed by atoms with Crippen LogP contribution in [0.1, 0.15) is 19.4 Å². The third kappa shape index (κ3) is 7.43. The number of hydrogen-bond donors (Lipinski definition) is 3. The number of nitrogens with zero attached hydrogens (tertiary/aromatic N) is 6. The highest BCUT2D eigenvalue weighted by molar-refractivity contribution is 7.89. The summed E-state index contributed by atoms with van der Waals surface area (Å²) >= 11 is 0. The van der Waals surface area contributed by atoms with Gasteiger partial charge < -0.3 is 20.7 Å². The Hall–Kier alpha value is -4.47. The number of nitrogens with one attached hydrogen (secondary N) is 1. The van der Waals surface area contributed by atoms with E-state index in [0.717, 1.165) is 22.0 Å². The number of imidazole rings is 1. The third-order valence-corrected chi connectivity index (χ3v) is 8.29. The molecular formula is C27H32N8O6S. The molecule has 0 bridgehead atoms. The van der Waals surface area contributed by atoms with Crippen molar-refractivity contribution in [3.63, 3.8) is 0 Å². The molecule has 2 aromatic carbocycles. The summed E-state index contributed by atoms with van der Waals surface area (Å²) in [6.45, 7) is 3.23. The van der Waals surface area contributed by atoms with Gasteiger partial charge in [-0.1, -0.05) is 44.2 Å². The minimum absolute atomic E-state index is 0.0292. The number of aliphatic hydroxyl groups excluding tert-OH is 1. The van der Waals surface area contributed by atoms with Gasteiger partial charge in [-0.2, -0.15) is 9.29 Å². The largest absolute Gasteiger partial charge is 0.390 e. The molecule has 2 heterocycles. The van der Waals surface area contributed by atoms with E-state index in [-0.39, 0.29) is 48.5 Å². The van der Waals surface area contributed by atoms with Crippen molar-refractivity contribution < 1.29 is 23.2 Å². The lowest BCUT2D eigenvalue weighted by molar-refractivity contribution is -0.384. The predicted molar refractivity (Wildman–Crippen MR) is 155 cm³/mol. The molecule has 42 heavy (non-hydrogen) atoms. The zero-order valence-electron chi connectivity index (χ0n) is 23.1. The second kappa shape index (κ2) is 13.0. The Kier molecular flexibility index (Phi) is 9.45. The molecule has 4 N–H and O–H groups in total. The lowest BCUT2D eigenvalue weighted by Gasteiger charge is -2.30. The molecule has 0 spiro atoms. The van der Waals surface area contributed by atoms with E-state index in [0.29, 0.717) is 11.2 Å². The Morgan fingerprint density at radius 2 is 1.81 bits per heavy atom. The van der Waals surface area contributed by atoms with E-state index in [9.17, 15) is 28.4 Å². The number of nitrogen functional groups attached to an aromatic ring is 1. The Morgan fingerprint density at radius 1 is 1.12 bits per heavy atom. The zero-order chi connectivity index (χ0) is 30.4. The van der Waals surface area contributed by atoms with E-state index in [1.54, 1.807) is 0 Å². The molecule has 15 heteroatoms. The second-order valence-electron chi connectivity index (χ2n) is 10.2. The monoisotopic (exact) mass is 596 g/mol. The van der Waals surface area contributed by atoms with Crippen molar-refractivity contribution in [3.05, 3.63) is 82.8 Å². The lowest BCUT2D eigenvalue weighted by atomic mass is 10.0. The molecule has 0 saturated carbocycles. The average Bonchev–Trinajstić information content (AvgIpc) is 3.33. The third-order valence-electron chi connectivity index (χ3n) is 6.44. The number of non-ortho nitro benzene ring substituents is 1. The summed E-state index contributed by atoms with van der Waals surface area (Å²) in [5.41, 5.74) is 7.10. The Balaban J connectivity index is 1.57. The normalized spacial score (nSPS) is 13.4. The smallest absolute Gasteiger partial charge is 0.269 e. The van der Waals surface area contributed by atoms with Gasteiger partial charge in [0.1, 0.15) is 12.1 Å². The Morgan fingerprint density at radius 3 is 2.45 bits per heavy atom. The first-order chi connectivity index (χ1) is 19.9. The fourth-order valence-corrected chi connectivity index (χ4v) is 6.07. The maximum atomic E-state index is 13.6. The van der Waals surface area contributed by atoms with Crippen LogP contribution in [-0.4, -0.2) is 73.4 Å². The molecular weight excluding hydrogens is 564 g/mol. The molecule has 0 fully saturated rings. The number of nitro groups is 1. The predicted octanol–water partition coefficient (Wildman–Crippen LogP) is 1.75. The molecule has 0 aliphatic heterocycles. The van der Waals surface area contributed by atoms with E-state index >= 15 is 0 Å². The number of fused-ring (bicyclic) bond motifs is 1. The van der Waals surface area contributed by atoms with Gasteiger partial charge in [0.15, 0.2) is 5.65 Å². The van der Waals surface area contributed by atoms with E-state index in [1.807, 2.05) is 44.2 Å². The SMILES string of the molecule is CC(C)CN(C[C@@H](O)[C@H](Cc1ccccc1)NC(=O)Cn1cnc2cnc(N)nc21)S(=O)(=O)c1ccc([N+](=O)[O-])cc1.